The lowest BCUT2D eigenvalue weighted by molar-refractivity contribution is -0.137. The number of nitrogens with zero attached hydrogens (tertiary/aromatic N) is 2. The molecule has 0 spiro atoms. The first-order valence-electron chi connectivity index (χ1n) is 11.1. The molecular weight excluding hydrogens is 463 g/mol. The molecule has 178 valence electrons. The van der Waals surface area contributed by atoms with Gasteiger partial charge >= 0.3 is 6.18 Å². The van der Waals surface area contributed by atoms with Crippen molar-refractivity contribution in [3.63, 3.8) is 0 Å². The van der Waals surface area contributed by atoms with Crippen molar-refractivity contribution in [2.75, 3.05) is 13.6 Å². The summed E-state index contributed by atoms with van der Waals surface area (Å²) in [7, 11) is 2.01. The topological polar surface area (TPSA) is 45.2 Å². The third-order valence-corrected chi connectivity index (χ3v) is 6.71. The Hall–Kier alpha value is -2.90. The number of alkyl halides is 3. The molecule has 2 heterocycles. The Kier molecular flexibility index (Phi) is 7.24. The quantitative estimate of drug-likeness (QED) is 0.454. The Morgan fingerprint density at radius 1 is 1.09 bits per heavy atom. The van der Waals surface area contributed by atoms with E-state index in [0.29, 0.717) is 0 Å². The molecule has 1 aromatic heterocycles. The van der Waals surface area contributed by atoms with Gasteiger partial charge in [0.1, 0.15) is 0 Å². The summed E-state index contributed by atoms with van der Waals surface area (Å²) in [5.74, 6) is -0.630. The van der Waals surface area contributed by atoms with Gasteiger partial charge in [0.2, 0.25) is 0 Å². The van der Waals surface area contributed by atoms with Crippen LogP contribution < -0.4 is 5.32 Å². The third-order valence-electron chi connectivity index (χ3n) is 6.31. The van der Waals surface area contributed by atoms with Gasteiger partial charge in [-0.1, -0.05) is 42.3 Å². The van der Waals surface area contributed by atoms with Gasteiger partial charge in [-0.25, -0.2) is 0 Å². The molecule has 2 aromatic carbocycles. The number of rotatable bonds is 5. The Balaban J connectivity index is 1.71. The molecule has 8 heteroatoms. The van der Waals surface area contributed by atoms with Crippen molar-refractivity contribution in [1.82, 2.24) is 15.2 Å². The number of hydrogen-bond donors (Lipinski definition) is 1. The molecular formula is C26H25ClF3N3O. The van der Waals surface area contributed by atoms with Gasteiger partial charge in [-0.05, 0) is 73.5 Å². The minimum Gasteiger partial charge on any atom is -0.344 e. The predicted octanol–water partition coefficient (Wildman–Crippen LogP) is 6.38. The van der Waals surface area contributed by atoms with E-state index < -0.39 is 28.7 Å². The molecule has 1 fully saturated rings. The van der Waals surface area contributed by atoms with Crippen molar-refractivity contribution in [2.24, 2.45) is 0 Å². The zero-order valence-corrected chi connectivity index (χ0v) is 19.4. The van der Waals surface area contributed by atoms with Crippen LogP contribution >= 0.6 is 11.6 Å². The van der Waals surface area contributed by atoms with Crippen LogP contribution in [-0.2, 0) is 6.18 Å². The van der Waals surface area contributed by atoms with Crippen LogP contribution in [0.1, 0.15) is 46.8 Å². The highest BCUT2D eigenvalue weighted by Crippen LogP contribution is 2.37. The molecule has 0 aliphatic carbocycles. The first-order valence-corrected chi connectivity index (χ1v) is 11.5. The summed E-state index contributed by atoms with van der Waals surface area (Å²) in [6, 6.07) is 14.6. The van der Waals surface area contributed by atoms with Crippen LogP contribution in [0.4, 0.5) is 13.2 Å². The Bertz CT molecular complexity index is 1150. The Morgan fingerprint density at radius 3 is 2.53 bits per heavy atom. The third kappa shape index (κ3) is 5.26. The van der Waals surface area contributed by atoms with Crippen molar-refractivity contribution < 1.29 is 18.0 Å². The molecule has 0 saturated carbocycles. The van der Waals surface area contributed by atoms with Gasteiger partial charge in [0.25, 0.3) is 5.91 Å². The zero-order valence-electron chi connectivity index (χ0n) is 18.6. The highest BCUT2D eigenvalue weighted by atomic mass is 35.5. The van der Waals surface area contributed by atoms with Gasteiger partial charge in [-0.15, -0.1) is 0 Å². The highest BCUT2D eigenvalue weighted by molar-refractivity contribution is 6.34. The maximum absolute atomic E-state index is 13.3. The molecule has 4 rings (SSSR count). The first-order chi connectivity index (χ1) is 16.3. The molecule has 34 heavy (non-hydrogen) atoms. The lowest BCUT2D eigenvalue weighted by atomic mass is 9.89. The number of pyridine rings is 1. The number of likely N-dealkylation sites (N-methyl/N-ethyl adjacent to an activating group) is 1. The minimum absolute atomic E-state index is 0.00466. The molecule has 2 atom stereocenters. The largest absolute Gasteiger partial charge is 0.417 e. The number of carbonyl (C=O) groups excluding carboxylic acids is 1. The van der Waals surface area contributed by atoms with Gasteiger partial charge in [0.05, 0.1) is 22.2 Å². The van der Waals surface area contributed by atoms with Crippen molar-refractivity contribution in [3.8, 4) is 11.1 Å². The van der Waals surface area contributed by atoms with E-state index >= 15 is 0 Å². The van der Waals surface area contributed by atoms with Crippen molar-refractivity contribution >= 4 is 17.5 Å². The van der Waals surface area contributed by atoms with E-state index in [2.05, 4.69) is 15.2 Å². The Labute approximate surface area is 201 Å². The zero-order chi connectivity index (χ0) is 24.3. The molecule has 1 unspecified atom stereocenters. The fourth-order valence-corrected chi connectivity index (χ4v) is 4.84. The van der Waals surface area contributed by atoms with E-state index in [1.807, 2.05) is 43.4 Å². The number of amides is 1. The summed E-state index contributed by atoms with van der Waals surface area (Å²) in [4.78, 5) is 19.5. The van der Waals surface area contributed by atoms with Crippen LogP contribution in [-0.4, -0.2) is 35.4 Å². The predicted molar refractivity (Wildman–Crippen MR) is 127 cm³/mol. The van der Waals surface area contributed by atoms with E-state index in [-0.39, 0.29) is 11.6 Å². The van der Waals surface area contributed by atoms with Gasteiger partial charge < -0.3 is 10.2 Å². The van der Waals surface area contributed by atoms with E-state index in [4.69, 9.17) is 11.6 Å². The second kappa shape index (κ2) is 10.2. The molecule has 1 amide bonds. The number of halogens is 4. The second-order valence-electron chi connectivity index (χ2n) is 8.52. The molecule has 1 aliphatic heterocycles. The monoisotopic (exact) mass is 487 g/mol. The van der Waals surface area contributed by atoms with Gasteiger partial charge in [-0.2, -0.15) is 13.2 Å². The lowest BCUT2D eigenvalue weighted by Crippen LogP contribution is -2.47. The summed E-state index contributed by atoms with van der Waals surface area (Å²) < 4.78 is 40.0. The van der Waals surface area contributed by atoms with Gasteiger partial charge in [0.15, 0.2) is 0 Å². The standard InChI is InChI=1S/C26H25ClF3N3O/c1-33-15-3-2-10-22(33)24(19-7-4-6-18(16-19)17-11-13-31-14-12-17)32-25(34)20-8-5-9-21(23(20)27)26(28,29)30/h4-9,11-14,16,22,24H,2-3,10,15H2,1H3,(H,32,34)/t22-,24?/m0/s1. The minimum atomic E-state index is -4.64. The van der Waals surface area contributed by atoms with Crippen LogP contribution in [0.5, 0.6) is 0 Å². The van der Waals surface area contributed by atoms with Crippen molar-refractivity contribution in [1.29, 1.82) is 0 Å². The molecule has 1 aliphatic rings. The highest BCUT2D eigenvalue weighted by Gasteiger charge is 2.36. The molecule has 0 bridgehead atoms. The summed E-state index contributed by atoms with van der Waals surface area (Å²) >= 11 is 6.04. The fourth-order valence-electron chi connectivity index (χ4n) is 4.53. The van der Waals surface area contributed by atoms with E-state index in [0.717, 1.165) is 48.6 Å². The van der Waals surface area contributed by atoms with Crippen molar-refractivity contribution in [2.45, 2.75) is 37.5 Å². The van der Waals surface area contributed by atoms with Crippen molar-refractivity contribution in [3.05, 3.63) is 88.7 Å². The summed E-state index contributed by atoms with van der Waals surface area (Å²) in [5.41, 5.74) is 1.62. The molecule has 1 N–H and O–H groups in total. The van der Waals surface area contributed by atoms with E-state index in [1.54, 1.807) is 12.4 Å². The molecule has 0 radical (unpaired) electrons. The average molecular weight is 488 g/mol. The fraction of sp³-hybridized carbons (Fsp3) is 0.308. The van der Waals surface area contributed by atoms with Crippen LogP contribution in [0.2, 0.25) is 5.02 Å². The smallest absolute Gasteiger partial charge is 0.344 e. The number of carbonyl (C=O) groups is 1. The molecule has 3 aromatic rings. The summed E-state index contributed by atoms with van der Waals surface area (Å²) in [5, 5.41) is 2.41. The van der Waals surface area contributed by atoms with Gasteiger partial charge in [-0.3, -0.25) is 9.78 Å². The van der Waals surface area contributed by atoms with Crippen LogP contribution in [0, 0.1) is 0 Å². The summed E-state index contributed by atoms with van der Waals surface area (Å²) in [6.45, 7) is 0.880. The first kappa shape index (κ1) is 24.2. The maximum Gasteiger partial charge on any atom is 0.417 e. The number of nitrogens with one attached hydrogen (secondary N) is 1. The molecule has 1 saturated heterocycles. The van der Waals surface area contributed by atoms with Gasteiger partial charge in [0, 0.05) is 18.4 Å². The SMILES string of the molecule is CN1CCCC[C@H]1C(NC(=O)c1cccc(C(F)(F)F)c1Cl)c1cccc(-c2ccncc2)c1. The normalized spacial score (nSPS) is 17.9. The number of likely N-dealkylation sites (tertiary alicyclic amines) is 1. The average Bonchev–Trinajstić information content (AvgIpc) is 2.83. The van der Waals surface area contributed by atoms with E-state index in [1.165, 1.54) is 12.1 Å². The number of benzene rings is 2. The maximum atomic E-state index is 13.3. The summed E-state index contributed by atoms with van der Waals surface area (Å²) in [6.07, 6.45) is 1.71. The molecule has 4 nitrogen and oxygen atoms in total. The number of piperidine rings is 1. The van der Waals surface area contributed by atoms with Crippen LogP contribution in [0.15, 0.2) is 67.0 Å². The van der Waals surface area contributed by atoms with Crippen LogP contribution in [0.25, 0.3) is 11.1 Å². The number of hydrogen-bond acceptors (Lipinski definition) is 3. The van der Waals surface area contributed by atoms with E-state index in [9.17, 15) is 18.0 Å². The van der Waals surface area contributed by atoms with Crippen LogP contribution in [0.3, 0.4) is 0 Å². The Morgan fingerprint density at radius 2 is 1.82 bits per heavy atom. The number of aromatic nitrogens is 1. The lowest BCUT2D eigenvalue weighted by Gasteiger charge is -2.39. The second-order valence-corrected chi connectivity index (χ2v) is 8.90.